The van der Waals surface area contributed by atoms with Crippen molar-refractivity contribution >= 4 is 17.4 Å². The Morgan fingerprint density at radius 2 is 1.24 bits per heavy atom. The van der Waals surface area contributed by atoms with E-state index in [1.807, 2.05) is 0 Å². The number of rotatable bonds is 16. The maximum absolute atomic E-state index is 11.0. The highest BCUT2D eigenvalue weighted by atomic mass is 35.5. The Labute approximate surface area is 137 Å². The van der Waals surface area contributed by atoms with Crippen LogP contribution in [-0.2, 0) is 4.79 Å². The molecule has 0 atom stereocenters. The molecule has 0 rings (SSSR count). The molecule has 0 N–H and O–H groups in total. The summed E-state index contributed by atoms with van der Waals surface area (Å²) in [6.45, 7) is 2.27. The smallest absolute Gasteiger partial charge is 0.147 e. The maximum Gasteiger partial charge on any atom is 0.147 e. The average Bonchev–Trinajstić information content (AvgIpc) is 2.50. The molecular weight excluding hydrogens is 280 g/mol. The molecule has 21 heavy (non-hydrogen) atoms. The lowest BCUT2D eigenvalue weighted by molar-refractivity contribution is -0.116. The van der Waals surface area contributed by atoms with Crippen LogP contribution in [-0.4, -0.2) is 11.7 Å². The van der Waals surface area contributed by atoms with E-state index in [1.54, 1.807) is 0 Å². The number of ketones is 1. The first-order valence-corrected chi connectivity index (χ1v) is 9.57. The van der Waals surface area contributed by atoms with Crippen LogP contribution in [0.5, 0.6) is 0 Å². The van der Waals surface area contributed by atoms with Gasteiger partial charge in [0.2, 0.25) is 0 Å². The van der Waals surface area contributed by atoms with E-state index >= 15 is 0 Å². The van der Waals surface area contributed by atoms with E-state index in [4.69, 9.17) is 11.6 Å². The lowest BCUT2D eigenvalue weighted by Gasteiger charge is -1.99. The molecule has 0 aliphatic heterocycles. The third-order valence-electron chi connectivity index (χ3n) is 3.87. The van der Waals surface area contributed by atoms with Crippen molar-refractivity contribution in [1.29, 1.82) is 0 Å². The van der Waals surface area contributed by atoms with Gasteiger partial charge in [-0.05, 0) is 32.1 Å². The quantitative estimate of drug-likeness (QED) is 0.173. The fraction of sp³-hybridized carbons (Fsp3) is 0.842. The highest BCUT2D eigenvalue weighted by molar-refractivity contribution is 6.27. The van der Waals surface area contributed by atoms with Crippen LogP contribution in [0.1, 0.15) is 96.8 Å². The highest BCUT2D eigenvalue weighted by Crippen LogP contribution is 2.10. The molecule has 0 aliphatic carbocycles. The molecule has 124 valence electrons. The van der Waals surface area contributed by atoms with E-state index in [0.29, 0.717) is 6.42 Å². The molecule has 0 fully saturated rings. The van der Waals surface area contributed by atoms with Gasteiger partial charge >= 0.3 is 0 Å². The topological polar surface area (TPSA) is 17.1 Å². The lowest BCUT2D eigenvalue weighted by atomic mass is 10.1. The SMILES string of the molecule is CCCCCCCC/C=C\CCCCCCCC(=O)CCl. The number of unbranched alkanes of at least 4 members (excludes halogenated alkanes) is 11. The summed E-state index contributed by atoms with van der Waals surface area (Å²) in [6.07, 6.45) is 22.2. The van der Waals surface area contributed by atoms with Crippen LogP contribution in [0.3, 0.4) is 0 Å². The summed E-state index contributed by atoms with van der Waals surface area (Å²) in [6, 6.07) is 0. The van der Waals surface area contributed by atoms with Gasteiger partial charge in [-0.3, -0.25) is 4.79 Å². The molecule has 0 unspecified atom stereocenters. The van der Waals surface area contributed by atoms with Gasteiger partial charge in [0.25, 0.3) is 0 Å². The first-order chi connectivity index (χ1) is 10.3. The van der Waals surface area contributed by atoms with E-state index in [1.165, 1.54) is 77.0 Å². The minimum Gasteiger partial charge on any atom is -0.298 e. The predicted octanol–water partition coefficient (Wildman–Crippen LogP) is 6.83. The van der Waals surface area contributed by atoms with Crippen molar-refractivity contribution in [2.45, 2.75) is 96.8 Å². The Balaban J connectivity index is 3.10. The van der Waals surface area contributed by atoms with E-state index in [0.717, 1.165) is 6.42 Å². The van der Waals surface area contributed by atoms with Crippen molar-refractivity contribution in [2.75, 3.05) is 5.88 Å². The van der Waals surface area contributed by atoms with Crippen LogP contribution in [0.25, 0.3) is 0 Å². The largest absolute Gasteiger partial charge is 0.298 e. The van der Waals surface area contributed by atoms with Gasteiger partial charge in [-0.2, -0.15) is 0 Å². The van der Waals surface area contributed by atoms with E-state index < -0.39 is 0 Å². The summed E-state index contributed by atoms with van der Waals surface area (Å²) >= 11 is 5.46. The van der Waals surface area contributed by atoms with Gasteiger partial charge in [0.05, 0.1) is 5.88 Å². The Morgan fingerprint density at radius 3 is 1.76 bits per heavy atom. The van der Waals surface area contributed by atoms with Crippen molar-refractivity contribution in [2.24, 2.45) is 0 Å². The molecule has 0 aliphatic rings. The average molecular weight is 315 g/mol. The van der Waals surface area contributed by atoms with Gasteiger partial charge < -0.3 is 0 Å². The van der Waals surface area contributed by atoms with Gasteiger partial charge in [0, 0.05) is 6.42 Å². The van der Waals surface area contributed by atoms with Crippen LogP contribution >= 0.6 is 11.6 Å². The molecule has 0 aromatic rings. The predicted molar refractivity (Wildman–Crippen MR) is 95.2 cm³/mol. The van der Waals surface area contributed by atoms with E-state index in [-0.39, 0.29) is 11.7 Å². The summed E-state index contributed by atoms with van der Waals surface area (Å²) in [7, 11) is 0. The molecule has 0 saturated heterocycles. The number of allylic oxidation sites excluding steroid dienone is 2. The first kappa shape index (κ1) is 20.7. The van der Waals surface area contributed by atoms with Gasteiger partial charge in [-0.1, -0.05) is 70.4 Å². The third-order valence-corrected chi connectivity index (χ3v) is 4.16. The van der Waals surface area contributed by atoms with Crippen LogP contribution in [0.4, 0.5) is 0 Å². The molecule has 0 heterocycles. The molecule has 0 amide bonds. The standard InChI is InChI=1S/C19H35ClO/c1-2-3-4-5-6-7-8-9-10-11-12-13-14-15-16-17-19(21)18-20/h9-10H,2-8,11-18H2,1H3/b10-9-. The van der Waals surface area contributed by atoms with Crippen molar-refractivity contribution < 1.29 is 4.79 Å². The summed E-state index contributed by atoms with van der Waals surface area (Å²) in [4.78, 5) is 11.0. The van der Waals surface area contributed by atoms with Crippen LogP contribution in [0.15, 0.2) is 12.2 Å². The molecule has 0 bridgehead atoms. The molecule has 0 spiro atoms. The number of hydrogen-bond donors (Lipinski definition) is 0. The zero-order valence-electron chi connectivity index (χ0n) is 14.0. The van der Waals surface area contributed by atoms with Crippen LogP contribution in [0, 0.1) is 0 Å². The van der Waals surface area contributed by atoms with E-state index in [9.17, 15) is 4.79 Å². The molecule has 0 radical (unpaired) electrons. The molecule has 0 aromatic heterocycles. The highest BCUT2D eigenvalue weighted by Gasteiger charge is 1.98. The zero-order valence-corrected chi connectivity index (χ0v) is 14.8. The first-order valence-electron chi connectivity index (χ1n) is 9.04. The number of halogens is 1. The monoisotopic (exact) mass is 314 g/mol. The third kappa shape index (κ3) is 17.6. The Kier molecular flexibility index (Phi) is 17.5. The molecule has 0 aromatic carbocycles. The molecule has 2 heteroatoms. The molecule has 1 nitrogen and oxygen atoms in total. The molecule has 0 saturated carbocycles. The minimum atomic E-state index is 0.184. The van der Waals surface area contributed by atoms with E-state index in [2.05, 4.69) is 19.1 Å². The summed E-state index contributed by atoms with van der Waals surface area (Å²) in [5.41, 5.74) is 0. The van der Waals surface area contributed by atoms with Gasteiger partial charge in [-0.15, -0.1) is 11.6 Å². The fourth-order valence-electron chi connectivity index (χ4n) is 2.46. The van der Waals surface area contributed by atoms with Crippen LogP contribution < -0.4 is 0 Å². The second-order valence-corrected chi connectivity index (χ2v) is 6.27. The summed E-state index contributed by atoms with van der Waals surface area (Å²) in [5.74, 6) is 0.373. The van der Waals surface area contributed by atoms with Crippen molar-refractivity contribution in [3.05, 3.63) is 12.2 Å². The summed E-state index contributed by atoms with van der Waals surface area (Å²) < 4.78 is 0. The lowest BCUT2D eigenvalue weighted by Crippen LogP contribution is -1.97. The number of Topliss-reactive ketones (excluding diaryl/α,β-unsaturated/α-hetero) is 1. The van der Waals surface area contributed by atoms with Crippen molar-refractivity contribution in [1.82, 2.24) is 0 Å². The van der Waals surface area contributed by atoms with Gasteiger partial charge in [0.15, 0.2) is 0 Å². The Morgan fingerprint density at radius 1 is 0.762 bits per heavy atom. The van der Waals surface area contributed by atoms with Crippen molar-refractivity contribution in [3.8, 4) is 0 Å². The second-order valence-electron chi connectivity index (χ2n) is 6.01. The van der Waals surface area contributed by atoms with Crippen molar-refractivity contribution in [3.63, 3.8) is 0 Å². The number of carbonyl (C=O) groups is 1. The fourth-order valence-corrected chi connectivity index (χ4v) is 2.59. The number of carbonyl (C=O) groups excluding carboxylic acids is 1. The molecular formula is C19H35ClO. The Bertz CT molecular complexity index is 248. The normalized spacial score (nSPS) is 11.3. The maximum atomic E-state index is 11.0. The number of hydrogen-bond acceptors (Lipinski definition) is 1. The number of alkyl halides is 1. The Hall–Kier alpha value is -0.300. The summed E-state index contributed by atoms with van der Waals surface area (Å²) in [5, 5.41) is 0. The van der Waals surface area contributed by atoms with Gasteiger partial charge in [-0.25, -0.2) is 0 Å². The minimum absolute atomic E-state index is 0.184. The van der Waals surface area contributed by atoms with Gasteiger partial charge in [0.1, 0.15) is 5.78 Å². The second kappa shape index (κ2) is 17.8. The van der Waals surface area contributed by atoms with Crippen LogP contribution in [0.2, 0.25) is 0 Å². The zero-order chi connectivity index (χ0) is 15.6.